The highest BCUT2D eigenvalue weighted by Crippen LogP contribution is 2.49. The van der Waals surface area contributed by atoms with Gasteiger partial charge in [-0.2, -0.15) is 5.10 Å². The molecule has 1 aliphatic rings. The fourth-order valence-electron chi connectivity index (χ4n) is 3.52. The fourth-order valence-corrected chi connectivity index (χ4v) is 4.67. The van der Waals surface area contributed by atoms with Crippen molar-refractivity contribution < 1.29 is 4.79 Å². The smallest absolute Gasteiger partial charge is 0.250 e. The van der Waals surface area contributed by atoms with E-state index in [1.165, 1.54) is 22.3 Å². The molecule has 0 bridgehead atoms. The molecule has 1 aliphatic carbocycles. The molecule has 1 amide bonds. The van der Waals surface area contributed by atoms with Crippen LogP contribution in [0.3, 0.4) is 0 Å². The number of hydrazone groups is 1. The molecule has 0 fully saturated rings. The largest absolute Gasteiger partial charge is 0.378 e. The molecular weight excluding hydrogens is 378 g/mol. The van der Waals surface area contributed by atoms with Gasteiger partial charge in [0.25, 0.3) is 0 Å². The molecule has 1 N–H and O–H groups in total. The van der Waals surface area contributed by atoms with Crippen LogP contribution >= 0.6 is 11.8 Å². The van der Waals surface area contributed by atoms with E-state index < -0.39 is 0 Å². The number of carbonyl (C=O) groups is 1. The molecule has 3 aromatic rings. The van der Waals surface area contributed by atoms with Crippen LogP contribution in [0.5, 0.6) is 0 Å². The summed E-state index contributed by atoms with van der Waals surface area (Å²) in [5.74, 6) is 0.252. The van der Waals surface area contributed by atoms with Gasteiger partial charge in [-0.25, -0.2) is 5.43 Å². The van der Waals surface area contributed by atoms with Gasteiger partial charge in [0, 0.05) is 19.8 Å². The Morgan fingerprint density at radius 3 is 2.14 bits per heavy atom. The predicted octanol–water partition coefficient (Wildman–Crippen LogP) is 4.71. The van der Waals surface area contributed by atoms with Crippen LogP contribution in [0.2, 0.25) is 0 Å². The second-order valence-electron chi connectivity index (χ2n) is 7.14. The van der Waals surface area contributed by atoms with E-state index in [1.54, 1.807) is 18.0 Å². The predicted molar refractivity (Wildman–Crippen MR) is 123 cm³/mol. The molecule has 146 valence electrons. The SMILES string of the molecule is CN(C)c1ccc(/C=N\NC(=O)CSC2c3ccccc3-c3ccccc32)cc1. The van der Waals surface area contributed by atoms with Crippen molar-refractivity contribution in [2.24, 2.45) is 5.10 Å². The molecule has 3 aromatic carbocycles. The van der Waals surface area contributed by atoms with Gasteiger partial charge in [-0.3, -0.25) is 4.79 Å². The van der Waals surface area contributed by atoms with E-state index in [2.05, 4.69) is 59.1 Å². The van der Waals surface area contributed by atoms with Gasteiger partial charge in [-0.1, -0.05) is 60.7 Å². The Balaban J connectivity index is 1.36. The second kappa shape index (κ2) is 8.53. The number of hydrogen-bond acceptors (Lipinski definition) is 4. The summed E-state index contributed by atoms with van der Waals surface area (Å²) in [6, 6.07) is 24.9. The zero-order valence-corrected chi connectivity index (χ0v) is 17.3. The molecule has 0 heterocycles. The highest BCUT2D eigenvalue weighted by atomic mass is 32.2. The highest BCUT2D eigenvalue weighted by molar-refractivity contribution is 8.00. The van der Waals surface area contributed by atoms with Gasteiger partial charge in [0.15, 0.2) is 0 Å². The van der Waals surface area contributed by atoms with E-state index in [0.29, 0.717) is 5.75 Å². The fraction of sp³-hybridized carbons (Fsp3) is 0.167. The molecule has 5 heteroatoms. The summed E-state index contributed by atoms with van der Waals surface area (Å²) in [7, 11) is 4.00. The number of benzene rings is 3. The summed E-state index contributed by atoms with van der Waals surface area (Å²) >= 11 is 1.64. The summed E-state index contributed by atoms with van der Waals surface area (Å²) < 4.78 is 0. The van der Waals surface area contributed by atoms with Crippen LogP contribution in [0, 0.1) is 0 Å². The minimum Gasteiger partial charge on any atom is -0.378 e. The summed E-state index contributed by atoms with van der Waals surface area (Å²) in [6.07, 6.45) is 1.67. The Labute approximate surface area is 175 Å². The number of amides is 1. The summed E-state index contributed by atoms with van der Waals surface area (Å²) in [5, 5.41) is 4.28. The van der Waals surface area contributed by atoms with Crippen molar-refractivity contribution in [2.75, 3.05) is 24.7 Å². The third kappa shape index (κ3) is 4.20. The quantitative estimate of drug-likeness (QED) is 0.481. The number of nitrogens with zero attached hydrogens (tertiary/aromatic N) is 2. The topological polar surface area (TPSA) is 44.7 Å². The Hall–Kier alpha value is -3.05. The first-order valence-corrected chi connectivity index (χ1v) is 10.6. The van der Waals surface area contributed by atoms with Crippen LogP contribution in [0.1, 0.15) is 21.9 Å². The maximum absolute atomic E-state index is 12.3. The first kappa shape index (κ1) is 19.3. The zero-order chi connectivity index (χ0) is 20.2. The third-order valence-electron chi connectivity index (χ3n) is 4.97. The Morgan fingerprint density at radius 2 is 1.55 bits per heavy atom. The van der Waals surface area contributed by atoms with Crippen molar-refractivity contribution in [3.63, 3.8) is 0 Å². The Kier molecular flexibility index (Phi) is 5.67. The average molecular weight is 402 g/mol. The van der Waals surface area contributed by atoms with Gasteiger partial charge >= 0.3 is 0 Å². The number of nitrogens with one attached hydrogen (secondary N) is 1. The van der Waals surface area contributed by atoms with Gasteiger partial charge in [0.05, 0.1) is 17.2 Å². The van der Waals surface area contributed by atoms with Crippen LogP contribution in [-0.2, 0) is 4.79 Å². The van der Waals surface area contributed by atoms with E-state index in [9.17, 15) is 4.79 Å². The number of anilines is 1. The monoisotopic (exact) mass is 401 g/mol. The van der Waals surface area contributed by atoms with Gasteiger partial charge in [-0.05, 0) is 39.9 Å². The van der Waals surface area contributed by atoms with Crippen molar-refractivity contribution in [1.29, 1.82) is 0 Å². The van der Waals surface area contributed by atoms with Crippen LogP contribution in [-0.4, -0.2) is 32.0 Å². The molecule has 4 rings (SSSR count). The summed E-state index contributed by atoms with van der Waals surface area (Å²) in [5.41, 5.74) is 9.79. The first-order valence-electron chi connectivity index (χ1n) is 9.52. The molecule has 0 spiro atoms. The van der Waals surface area contributed by atoms with Gasteiger partial charge in [0.1, 0.15) is 0 Å². The molecule has 0 unspecified atom stereocenters. The minimum atomic E-state index is -0.0991. The minimum absolute atomic E-state index is 0.0991. The lowest BCUT2D eigenvalue weighted by atomic mass is 10.1. The summed E-state index contributed by atoms with van der Waals surface area (Å²) in [6.45, 7) is 0. The standard InChI is InChI=1S/C24H23N3OS/c1-27(2)18-13-11-17(12-14-18)15-25-26-23(28)16-29-24-21-9-5-3-7-19(21)20-8-4-6-10-22(20)24/h3-15,24H,16H2,1-2H3,(H,26,28)/b25-15-. The highest BCUT2D eigenvalue weighted by Gasteiger charge is 2.28. The maximum atomic E-state index is 12.3. The molecule has 0 saturated carbocycles. The zero-order valence-electron chi connectivity index (χ0n) is 16.5. The molecule has 4 nitrogen and oxygen atoms in total. The second-order valence-corrected chi connectivity index (χ2v) is 8.24. The number of thioether (sulfide) groups is 1. The van der Waals surface area contributed by atoms with Crippen LogP contribution in [0.25, 0.3) is 11.1 Å². The molecule has 0 aliphatic heterocycles. The van der Waals surface area contributed by atoms with Gasteiger partial charge in [0.2, 0.25) is 5.91 Å². The normalized spacial score (nSPS) is 12.6. The van der Waals surface area contributed by atoms with E-state index in [0.717, 1.165) is 11.3 Å². The molecule has 0 saturated heterocycles. The molecular formula is C24H23N3OS. The lowest BCUT2D eigenvalue weighted by molar-refractivity contribution is -0.118. The number of hydrogen-bond donors (Lipinski definition) is 1. The first-order chi connectivity index (χ1) is 14.1. The van der Waals surface area contributed by atoms with Crippen molar-refractivity contribution in [3.05, 3.63) is 89.5 Å². The average Bonchev–Trinajstić information content (AvgIpc) is 3.06. The number of fused-ring (bicyclic) bond motifs is 3. The lowest BCUT2D eigenvalue weighted by Gasteiger charge is -2.12. The van der Waals surface area contributed by atoms with Crippen LogP contribution in [0.15, 0.2) is 77.9 Å². The Bertz CT molecular complexity index is 999. The van der Waals surface area contributed by atoms with Crippen molar-refractivity contribution in [2.45, 2.75) is 5.25 Å². The van der Waals surface area contributed by atoms with Crippen LogP contribution in [0.4, 0.5) is 5.69 Å². The van der Waals surface area contributed by atoms with E-state index in [1.807, 2.05) is 43.3 Å². The van der Waals surface area contributed by atoms with Crippen molar-refractivity contribution >= 4 is 29.6 Å². The maximum Gasteiger partial charge on any atom is 0.250 e. The van der Waals surface area contributed by atoms with E-state index in [4.69, 9.17) is 0 Å². The molecule has 29 heavy (non-hydrogen) atoms. The van der Waals surface area contributed by atoms with E-state index in [-0.39, 0.29) is 11.2 Å². The van der Waals surface area contributed by atoms with Gasteiger partial charge in [-0.15, -0.1) is 11.8 Å². The lowest BCUT2D eigenvalue weighted by Crippen LogP contribution is -2.20. The van der Waals surface area contributed by atoms with Crippen LogP contribution < -0.4 is 10.3 Å². The molecule has 0 aromatic heterocycles. The third-order valence-corrected chi connectivity index (χ3v) is 6.24. The number of carbonyl (C=O) groups excluding carboxylic acids is 1. The van der Waals surface area contributed by atoms with E-state index >= 15 is 0 Å². The van der Waals surface area contributed by atoms with Crippen molar-refractivity contribution in [3.8, 4) is 11.1 Å². The van der Waals surface area contributed by atoms with Gasteiger partial charge < -0.3 is 4.90 Å². The van der Waals surface area contributed by atoms with Crippen molar-refractivity contribution in [1.82, 2.24) is 5.43 Å². The number of rotatable bonds is 6. The molecule has 0 atom stereocenters. The molecule has 0 radical (unpaired) electrons. The Morgan fingerprint density at radius 1 is 0.966 bits per heavy atom. The summed E-state index contributed by atoms with van der Waals surface area (Å²) in [4.78, 5) is 14.3.